The summed E-state index contributed by atoms with van der Waals surface area (Å²) in [5, 5.41) is 12.5. The number of halogens is 1. The maximum atomic E-state index is 14.5. The molecule has 0 unspecified atom stereocenters. The Kier molecular flexibility index (Phi) is 5.86. The molecule has 176 valence electrons. The molecule has 5 rings (SSSR count). The van der Waals surface area contributed by atoms with Gasteiger partial charge in [0.2, 0.25) is 0 Å². The summed E-state index contributed by atoms with van der Waals surface area (Å²) in [6.45, 7) is 6.01. The number of anilines is 2. The van der Waals surface area contributed by atoms with Crippen LogP contribution in [-0.4, -0.2) is 57.1 Å². The van der Waals surface area contributed by atoms with E-state index in [9.17, 15) is 9.18 Å². The highest BCUT2D eigenvalue weighted by atomic mass is 32.2. The molecule has 1 amide bonds. The average Bonchev–Trinajstić information content (AvgIpc) is 3.18. The third-order valence-corrected chi connectivity index (χ3v) is 6.53. The largest absolute Gasteiger partial charge is 0.368 e. The van der Waals surface area contributed by atoms with Crippen molar-refractivity contribution in [3.8, 4) is 0 Å². The predicted molar refractivity (Wildman–Crippen MR) is 134 cm³/mol. The van der Waals surface area contributed by atoms with Gasteiger partial charge in [-0.15, -0.1) is 0 Å². The standard InChI is InChI=1S/C24H26FN7OS/c1-13-10-32(11-14(2)27-13)20-6-5-17(22-18(20)9-26-24(29-22)34-4)23(33)28-16-7-15-12-31(3)30-21(15)19(25)8-16/h5-9,12-14,27H,10-11H2,1-4H3,(H,28,33)/t13-,14-/m0/s1. The minimum Gasteiger partial charge on any atom is -0.368 e. The number of hydrogen-bond donors (Lipinski definition) is 2. The summed E-state index contributed by atoms with van der Waals surface area (Å²) < 4.78 is 16.1. The third-order valence-electron chi connectivity index (χ3n) is 5.97. The van der Waals surface area contributed by atoms with E-state index in [4.69, 9.17) is 0 Å². The quantitative estimate of drug-likeness (QED) is 0.340. The van der Waals surface area contributed by atoms with Crippen LogP contribution in [0.15, 0.2) is 41.8 Å². The molecule has 2 N–H and O–H groups in total. The molecule has 10 heteroatoms. The molecule has 0 bridgehead atoms. The third kappa shape index (κ3) is 4.19. The van der Waals surface area contributed by atoms with E-state index in [1.807, 2.05) is 12.3 Å². The Morgan fingerprint density at radius 1 is 1.21 bits per heavy atom. The van der Waals surface area contributed by atoms with Crippen LogP contribution in [0.1, 0.15) is 24.2 Å². The number of piperazine rings is 1. The molecule has 2 aromatic carbocycles. The van der Waals surface area contributed by atoms with Gasteiger partial charge in [-0.3, -0.25) is 9.48 Å². The molecular formula is C24H26FN7OS. The van der Waals surface area contributed by atoms with Crippen molar-refractivity contribution in [2.24, 2.45) is 7.05 Å². The maximum Gasteiger partial charge on any atom is 0.257 e. The Hall–Kier alpha value is -3.24. The molecule has 2 atom stereocenters. The second-order valence-electron chi connectivity index (χ2n) is 8.78. The molecule has 34 heavy (non-hydrogen) atoms. The summed E-state index contributed by atoms with van der Waals surface area (Å²) >= 11 is 1.42. The lowest BCUT2D eigenvalue weighted by Crippen LogP contribution is -2.54. The zero-order valence-corrected chi connectivity index (χ0v) is 20.3. The van der Waals surface area contributed by atoms with Gasteiger partial charge in [-0.2, -0.15) is 5.10 Å². The van der Waals surface area contributed by atoms with E-state index in [0.29, 0.717) is 39.4 Å². The normalized spacial score (nSPS) is 18.6. The Morgan fingerprint density at radius 3 is 2.71 bits per heavy atom. The molecule has 1 fully saturated rings. The molecule has 4 aromatic rings. The molecule has 8 nitrogen and oxygen atoms in total. The molecule has 1 aliphatic rings. The van der Waals surface area contributed by atoms with Gasteiger partial charge in [0.1, 0.15) is 5.52 Å². The summed E-state index contributed by atoms with van der Waals surface area (Å²) in [6.07, 6.45) is 5.40. The van der Waals surface area contributed by atoms with Gasteiger partial charge in [0.25, 0.3) is 5.91 Å². The van der Waals surface area contributed by atoms with Crippen molar-refractivity contribution < 1.29 is 9.18 Å². The molecule has 1 aliphatic heterocycles. The van der Waals surface area contributed by atoms with Crippen LogP contribution in [-0.2, 0) is 7.05 Å². The topological polar surface area (TPSA) is 88.0 Å². The van der Waals surface area contributed by atoms with Gasteiger partial charge < -0.3 is 15.5 Å². The van der Waals surface area contributed by atoms with E-state index in [-0.39, 0.29) is 11.4 Å². The van der Waals surface area contributed by atoms with Crippen LogP contribution < -0.4 is 15.5 Å². The first kappa shape index (κ1) is 22.5. The van der Waals surface area contributed by atoms with Gasteiger partial charge >= 0.3 is 0 Å². The Labute approximate surface area is 200 Å². The number of hydrogen-bond acceptors (Lipinski definition) is 7. The minimum absolute atomic E-state index is 0.270. The SMILES string of the molecule is CSc1ncc2c(N3C[C@H](C)N[C@@H](C)C3)ccc(C(=O)Nc3cc(F)c4nn(C)cc4c3)c2n1. The fourth-order valence-electron chi connectivity index (χ4n) is 4.65. The molecule has 1 saturated heterocycles. The van der Waals surface area contributed by atoms with Crippen molar-refractivity contribution in [2.75, 3.05) is 29.6 Å². The van der Waals surface area contributed by atoms with Crippen molar-refractivity contribution in [1.82, 2.24) is 25.1 Å². The minimum atomic E-state index is -0.484. The number of carbonyl (C=O) groups is 1. The number of benzene rings is 2. The van der Waals surface area contributed by atoms with Crippen molar-refractivity contribution in [3.05, 3.63) is 48.0 Å². The lowest BCUT2D eigenvalue weighted by molar-refractivity contribution is 0.102. The molecule has 2 aromatic heterocycles. The first-order valence-electron chi connectivity index (χ1n) is 11.1. The number of fused-ring (bicyclic) bond motifs is 2. The Balaban J connectivity index is 1.54. The number of carbonyl (C=O) groups excluding carboxylic acids is 1. The summed E-state index contributed by atoms with van der Waals surface area (Å²) in [6, 6.07) is 7.42. The van der Waals surface area contributed by atoms with E-state index in [0.717, 1.165) is 24.2 Å². The molecule has 0 radical (unpaired) electrons. The summed E-state index contributed by atoms with van der Waals surface area (Å²) in [5.41, 5.74) is 2.63. The molecule has 0 saturated carbocycles. The number of amides is 1. The fraction of sp³-hybridized carbons (Fsp3) is 0.333. The lowest BCUT2D eigenvalue weighted by Gasteiger charge is -2.38. The zero-order chi connectivity index (χ0) is 24.0. The van der Waals surface area contributed by atoms with Crippen LogP contribution in [0.3, 0.4) is 0 Å². The number of nitrogens with one attached hydrogen (secondary N) is 2. The maximum absolute atomic E-state index is 14.5. The highest BCUT2D eigenvalue weighted by Crippen LogP contribution is 2.31. The number of aryl methyl sites for hydroxylation is 1. The summed E-state index contributed by atoms with van der Waals surface area (Å²) in [4.78, 5) is 24.8. The van der Waals surface area contributed by atoms with Gasteiger partial charge in [0, 0.05) is 66.8 Å². The van der Waals surface area contributed by atoms with Gasteiger partial charge in [0.05, 0.1) is 11.1 Å². The highest BCUT2D eigenvalue weighted by Gasteiger charge is 2.24. The summed E-state index contributed by atoms with van der Waals surface area (Å²) in [5.74, 6) is -0.838. The lowest BCUT2D eigenvalue weighted by atomic mass is 10.0. The smallest absolute Gasteiger partial charge is 0.257 e. The highest BCUT2D eigenvalue weighted by molar-refractivity contribution is 7.98. The van der Waals surface area contributed by atoms with Crippen LogP contribution in [0, 0.1) is 5.82 Å². The molecular weight excluding hydrogens is 453 g/mol. The van der Waals surface area contributed by atoms with Crippen molar-refractivity contribution in [1.29, 1.82) is 0 Å². The fourth-order valence-corrected chi connectivity index (χ4v) is 4.99. The van der Waals surface area contributed by atoms with Crippen LogP contribution in [0.5, 0.6) is 0 Å². The molecule has 0 aliphatic carbocycles. The zero-order valence-electron chi connectivity index (χ0n) is 19.5. The molecule has 3 heterocycles. The van der Waals surface area contributed by atoms with Gasteiger partial charge in [-0.25, -0.2) is 14.4 Å². The van der Waals surface area contributed by atoms with Crippen LogP contribution in [0.25, 0.3) is 21.8 Å². The second-order valence-corrected chi connectivity index (χ2v) is 9.55. The Bertz CT molecular complexity index is 1400. The number of thioether (sulfide) groups is 1. The first-order valence-corrected chi connectivity index (χ1v) is 12.3. The van der Waals surface area contributed by atoms with Gasteiger partial charge in [0.15, 0.2) is 11.0 Å². The predicted octanol–water partition coefficient (Wildman–Crippen LogP) is 3.82. The first-order chi connectivity index (χ1) is 16.3. The van der Waals surface area contributed by atoms with E-state index in [2.05, 4.69) is 44.4 Å². The van der Waals surface area contributed by atoms with E-state index < -0.39 is 5.82 Å². The van der Waals surface area contributed by atoms with Gasteiger partial charge in [-0.1, -0.05) is 11.8 Å². The van der Waals surface area contributed by atoms with E-state index in [1.54, 1.807) is 36.3 Å². The number of aromatic nitrogens is 4. The average molecular weight is 480 g/mol. The van der Waals surface area contributed by atoms with Gasteiger partial charge in [-0.05, 0) is 44.4 Å². The molecule has 0 spiro atoms. The second kappa shape index (κ2) is 8.84. The Morgan fingerprint density at radius 2 is 1.97 bits per heavy atom. The van der Waals surface area contributed by atoms with Crippen LogP contribution in [0.2, 0.25) is 0 Å². The van der Waals surface area contributed by atoms with E-state index >= 15 is 0 Å². The van der Waals surface area contributed by atoms with Crippen LogP contribution in [0.4, 0.5) is 15.8 Å². The van der Waals surface area contributed by atoms with E-state index in [1.165, 1.54) is 17.8 Å². The number of nitrogens with zero attached hydrogens (tertiary/aromatic N) is 5. The monoisotopic (exact) mass is 479 g/mol. The van der Waals surface area contributed by atoms with Crippen LogP contribution >= 0.6 is 11.8 Å². The van der Waals surface area contributed by atoms with Crippen molar-refractivity contribution >= 4 is 50.8 Å². The van der Waals surface area contributed by atoms with Crippen molar-refractivity contribution in [3.63, 3.8) is 0 Å². The summed E-state index contributed by atoms with van der Waals surface area (Å²) in [7, 11) is 1.73. The number of rotatable bonds is 4. The van der Waals surface area contributed by atoms with Crippen molar-refractivity contribution in [2.45, 2.75) is 31.1 Å².